The van der Waals surface area contributed by atoms with Crippen molar-refractivity contribution in [1.29, 1.82) is 0 Å². The average Bonchev–Trinajstić information content (AvgIpc) is 2.90. The van der Waals surface area contributed by atoms with Crippen LogP contribution < -0.4 is 10.3 Å². The SMILES string of the molecule is O=C1[CH]c2c(cccc2-c2cc3ccccc3o2)ON1. The fourth-order valence-electron chi connectivity index (χ4n) is 2.38. The minimum Gasteiger partial charge on any atom is -0.456 e. The van der Waals surface area contributed by atoms with Crippen molar-refractivity contribution in [1.82, 2.24) is 5.48 Å². The van der Waals surface area contributed by atoms with Gasteiger partial charge in [0.05, 0.1) is 6.42 Å². The molecule has 3 aromatic rings. The van der Waals surface area contributed by atoms with Gasteiger partial charge in [0.1, 0.15) is 11.3 Å². The lowest BCUT2D eigenvalue weighted by atomic mass is 10.00. The number of amides is 1. The number of hydroxylamine groups is 1. The molecule has 0 atom stereocenters. The molecule has 1 radical (unpaired) electrons. The van der Waals surface area contributed by atoms with Gasteiger partial charge in [-0.15, -0.1) is 0 Å². The van der Waals surface area contributed by atoms with Crippen molar-refractivity contribution in [2.75, 3.05) is 0 Å². The van der Waals surface area contributed by atoms with Gasteiger partial charge in [-0.05, 0) is 18.2 Å². The minimum atomic E-state index is -0.277. The lowest BCUT2D eigenvalue weighted by molar-refractivity contribution is -0.124. The third-order valence-electron chi connectivity index (χ3n) is 3.29. The Hall–Kier alpha value is -2.75. The monoisotopic (exact) mass is 264 g/mol. The van der Waals surface area contributed by atoms with Crippen molar-refractivity contribution in [3.63, 3.8) is 0 Å². The fraction of sp³-hybridized carbons (Fsp3) is 0. The second-order valence-electron chi connectivity index (χ2n) is 4.58. The third kappa shape index (κ3) is 1.66. The first-order valence-electron chi connectivity index (χ1n) is 6.25. The largest absolute Gasteiger partial charge is 0.456 e. The Labute approximate surface area is 114 Å². The smallest absolute Gasteiger partial charge is 0.261 e. The van der Waals surface area contributed by atoms with E-state index in [1.165, 1.54) is 6.42 Å². The number of hydrogen-bond donors (Lipinski definition) is 1. The standard InChI is InChI=1S/C16H10NO3/c18-16-9-12-11(5-3-7-14(12)20-17-16)15-8-10-4-1-2-6-13(10)19-15/h1-9H,(H,17,18). The van der Waals surface area contributed by atoms with Crippen LogP contribution in [0.1, 0.15) is 5.56 Å². The van der Waals surface area contributed by atoms with Crippen LogP contribution in [0.5, 0.6) is 5.75 Å². The van der Waals surface area contributed by atoms with Crippen LogP contribution in [0.25, 0.3) is 22.3 Å². The molecule has 0 saturated heterocycles. The second kappa shape index (κ2) is 4.13. The normalized spacial score (nSPS) is 13.7. The average molecular weight is 264 g/mol. The van der Waals surface area contributed by atoms with E-state index in [1.54, 1.807) is 6.07 Å². The summed E-state index contributed by atoms with van der Waals surface area (Å²) in [6.07, 6.45) is 1.52. The summed E-state index contributed by atoms with van der Waals surface area (Å²) in [6, 6.07) is 15.3. The Balaban J connectivity index is 1.92. The molecule has 1 N–H and O–H groups in total. The van der Waals surface area contributed by atoms with Gasteiger partial charge in [0.2, 0.25) is 0 Å². The zero-order valence-electron chi connectivity index (χ0n) is 10.4. The van der Waals surface area contributed by atoms with E-state index >= 15 is 0 Å². The number of fused-ring (bicyclic) bond motifs is 2. The summed E-state index contributed by atoms with van der Waals surface area (Å²) in [5, 5.41) is 1.03. The van der Waals surface area contributed by atoms with Gasteiger partial charge < -0.3 is 9.25 Å². The Morgan fingerprint density at radius 3 is 2.80 bits per heavy atom. The van der Waals surface area contributed by atoms with Crippen LogP contribution in [0.15, 0.2) is 52.9 Å². The highest BCUT2D eigenvalue weighted by molar-refractivity contribution is 5.94. The van der Waals surface area contributed by atoms with E-state index in [9.17, 15) is 4.79 Å². The molecular weight excluding hydrogens is 254 g/mol. The Bertz CT molecular complexity index is 786. The van der Waals surface area contributed by atoms with E-state index in [4.69, 9.17) is 9.25 Å². The maximum Gasteiger partial charge on any atom is 0.261 e. The molecule has 0 aliphatic carbocycles. The molecule has 1 amide bonds. The quantitative estimate of drug-likeness (QED) is 0.734. The van der Waals surface area contributed by atoms with Gasteiger partial charge in [0.15, 0.2) is 5.75 Å². The van der Waals surface area contributed by atoms with Crippen LogP contribution in [-0.2, 0) is 4.79 Å². The summed E-state index contributed by atoms with van der Waals surface area (Å²) in [5.41, 5.74) is 4.71. The first kappa shape index (κ1) is 11.1. The van der Waals surface area contributed by atoms with E-state index in [-0.39, 0.29) is 5.91 Å². The molecule has 0 fully saturated rings. The number of benzene rings is 2. The van der Waals surface area contributed by atoms with Gasteiger partial charge in [0.25, 0.3) is 5.91 Å². The maximum absolute atomic E-state index is 11.5. The van der Waals surface area contributed by atoms with E-state index in [1.807, 2.05) is 42.5 Å². The summed E-state index contributed by atoms with van der Waals surface area (Å²) in [6.45, 7) is 0. The minimum absolute atomic E-state index is 0.277. The number of carbonyl (C=O) groups is 1. The highest BCUT2D eigenvalue weighted by atomic mass is 16.7. The summed E-state index contributed by atoms with van der Waals surface area (Å²) in [5.74, 6) is 1.06. The molecular formula is C16H10NO3. The molecule has 0 bridgehead atoms. The molecule has 0 spiro atoms. The van der Waals surface area contributed by atoms with Crippen molar-refractivity contribution >= 4 is 16.9 Å². The van der Waals surface area contributed by atoms with Crippen molar-refractivity contribution in [2.45, 2.75) is 0 Å². The summed E-state index contributed by atoms with van der Waals surface area (Å²) in [7, 11) is 0. The van der Waals surface area contributed by atoms with Crippen molar-refractivity contribution in [3.8, 4) is 17.1 Å². The molecule has 2 heterocycles. The number of hydrogen-bond acceptors (Lipinski definition) is 3. The van der Waals surface area contributed by atoms with Gasteiger partial charge in [-0.2, -0.15) is 5.48 Å². The highest BCUT2D eigenvalue weighted by Gasteiger charge is 2.22. The second-order valence-corrected chi connectivity index (χ2v) is 4.58. The number of para-hydroxylation sites is 1. The summed E-state index contributed by atoms with van der Waals surface area (Å²) < 4.78 is 5.85. The number of furan rings is 1. The third-order valence-corrected chi connectivity index (χ3v) is 3.29. The fourth-order valence-corrected chi connectivity index (χ4v) is 2.38. The van der Waals surface area contributed by atoms with Crippen molar-refractivity contribution < 1.29 is 14.0 Å². The first-order chi connectivity index (χ1) is 9.81. The van der Waals surface area contributed by atoms with E-state index in [0.29, 0.717) is 5.75 Å². The Morgan fingerprint density at radius 2 is 1.90 bits per heavy atom. The van der Waals surface area contributed by atoms with Gasteiger partial charge in [0, 0.05) is 16.5 Å². The molecule has 97 valence electrons. The molecule has 1 aliphatic heterocycles. The van der Waals surface area contributed by atoms with Crippen molar-refractivity contribution in [3.05, 3.63) is 60.5 Å². The van der Waals surface area contributed by atoms with Crippen LogP contribution in [0.4, 0.5) is 0 Å². The van der Waals surface area contributed by atoms with Crippen LogP contribution in [0.3, 0.4) is 0 Å². The van der Waals surface area contributed by atoms with E-state index in [2.05, 4.69) is 5.48 Å². The van der Waals surface area contributed by atoms with E-state index in [0.717, 1.165) is 27.9 Å². The predicted octanol–water partition coefficient (Wildman–Crippen LogP) is 3.08. The van der Waals surface area contributed by atoms with E-state index < -0.39 is 0 Å². The molecule has 4 nitrogen and oxygen atoms in total. The van der Waals surface area contributed by atoms with Crippen LogP contribution in [-0.4, -0.2) is 5.91 Å². The Morgan fingerprint density at radius 1 is 1.00 bits per heavy atom. The number of nitrogens with one attached hydrogen (secondary N) is 1. The van der Waals surface area contributed by atoms with Crippen LogP contribution in [0, 0.1) is 6.42 Å². The van der Waals surface area contributed by atoms with Crippen molar-refractivity contribution in [2.24, 2.45) is 0 Å². The molecule has 2 aromatic carbocycles. The number of rotatable bonds is 1. The molecule has 4 heteroatoms. The maximum atomic E-state index is 11.5. The summed E-state index contributed by atoms with van der Waals surface area (Å²) in [4.78, 5) is 16.7. The van der Waals surface area contributed by atoms with Crippen LogP contribution in [0.2, 0.25) is 0 Å². The van der Waals surface area contributed by atoms with Gasteiger partial charge in [-0.3, -0.25) is 4.79 Å². The summed E-state index contributed by atoms with van der Waals surface area (Å²) >= 11 is 0. The molecule has 1 aliphatic rings. The lowest BCUT2D eigenvalue weighted by Crippen LogP contribution is -2.32. The molecule has 4 rings (SSSR count). The molecule has 1 aromatic heterocycles. The zero-order valence-corrected chi connectivity index (χ0v) is 10.4. The molecule has 20 heavy (non-hydrogen) atoms. The topological polar surface area (TPSA) is 51.5 Å². The zero-order chi connectivity index (χ0) is 13.5. The molecule has 0 unspecified atom stereocenters. The van der Waals surface area contributed by atoms with Gasteiger partial charge in [-0.25, -0.2) is 0 Å². The Kier molecular flexibility index (Phi) is 2.29. The predicted molar refractivity (Wildman–Crippen MR) is 73.8 cm³/mol. The molecule has 0 saturated carbocycles. The van der Waals surface area contributed by atoms with Crippen LogP contribution >= 0.6 is 0 Å². The lowest BCUT2D eigenvalue weighted by Gasteiger charge is -2.18. The first-order valence-corrected chi connectivity index (χ1v) is 6.25. The number of carbonyl (C=O) groups excluding carboxylic acids is 1. The van der Waals surface area contributed by atoms with Gasteiger partial charge >= 0.3 is 0 Å². The van der Waals surface area contributed by atoms with Gasteiger partial charge in [-0.1, -0.05) is 30.3 Å². The highest BCUT2D eigenvalue weighted by Crippen LogP contribution is 2.36.